The van der Waals surface area contributed by atoms with Crippen molar-refractivity contribution in [3.05, 3.63) is 36.0 Å². The number of carbonyl (C=O) groups is 1. The number of fused-ring (bicyclic) bond motifs is 1. The predicted octanol–water partition coefficient (Wildman–Crippen LogP) is 3.33. The Hall–Kier alpha value is -2.01. The van der Waals surface area contributed by atoms with Crippen LogP contribution in [0, 0.1) is 0 Å². The van der Waals surface area contributed by atoms with Gasteiger partial charge in [-0.15, -0.1) is 0 Å². The summed E-state index contributed by atoms with van der Waals surface area (Å²) in [6.07, 6.45) is 8.45. The molecule has 2 aliphatic rings. The van der Waals surface area contributed by atoms with E-state index in [-0.39, 0.29) is 6.03 Å². The summed E-state index contributed by atoms with van der Waals surface area (Å²) in [6.45, 7) is 4.44. The number of H-pyrrole nitrogens is 1. The number of aromatic nitrogens is 1. The highest BCUT2D eigenvalue weighted by molar-refractivity contribution is 5.83. The molecule has 1 aromatic heterocycles. The Bertz CT molecular complexity index is 719. The standard InChI is InChI=1S/C20H28N4O/c25-20(22-15-16-5-3-8-19-18(16)9-10-21-19)24-12-4-11-23(13-14-24)17-6-1-2-7-17/h3,5,8-10,17,21H,1-2,4,6-7,11-15H2,(H,22,25). The molecule has 1 saturated heterocycles. The Balaban J connectivity index is 1.32. The lowest BCUT2D eigenvalue weighted by Gasteiger charge is -2.27. The number of rotatable bonds is 3. The molecule has 1 aliphatic heterocycles. The van der Waals surface area contributed by atoms with Crippen LogP contribution in [-0.2, 0) is 6.54 Å². The van der Waals surface area contributed by atoms with Crippen LogP contribution in [0.3, 0.4) is 0 Å². The second kappa shape index (κ2) is 7.48. The van der Waals surface area contributed by atoms with Gasteiger partial charge in [0.15, 0.2) is 0 Å². The molecule has 2 heterocycles. The predicted molar refractivity (Wildman–Crippen MR) is 101 cm³/mol. The van der Waals surface area contributed by atoms with E-state index in [1.165, 1.54) is 31.1 Å². The molecule has 1 aromatic carbocycles. The van der Waals surface area contributed by atoms with Gasteiger partial charge in [-0.3, -0.25) is 4.90 Å². The van der Waals surface area contributed by atoms with Crippen LogP contribution < -0.4 is 5.32 Å². The van der Waals surface area contributed by atoms with Crippen molar-refractivity contribution in [2.75, 3.05) is 26.2 Å². The van der Waals surface area contributed by atoms with Crippen molar-refractivity contribution < 1.29 is 4.79 Å². The average Bonchev–Trinajstić information content (AvgIpc) is 3.27. The van der Waals surface area contributed by atoms with Gasteiger partial charge in [0.1, 0.15) is 0 Å². The van der Waals surface area contributed by atoms with Crippen molar-refractivity contribution in [3.63, 3.8) is 0 Å². The van der Waals surface area contributed by atoms with E-state index in [0.29, 0.717) is 6.54 Å². The van der Waals surface area contributed by atoms with Gasteiger partial charge in [-0.25, -0.2) is 4.79 Å². The first kappa shape index (κ1) is 16.5. The number of urea groups is 1. The van der Waals surface area contributed by atoms with Gasteiger partial charge >= 0.3 is 6.03 Å². The van der Waals surface area contributed by atoms with E-state index >= 15 is 0 Å². The van der Waals surface area contributed by atoms with Crippen molar-refractivity contribution in [1.29, 1.82) is 0 Å². The van der Waals surface area contributed by atoms with Gasteiger partial charge < -0.3 is 15.2 Å². The third-order valence-electron chi connectivity index (χ3n) is 5.77. The molecule has 0 atom stereocenters. The van der Waals surface area contributed by atoms with Gasteiger partial charge in [-0.05, 0) is 37.0 Å². The molecule has 1 saturated carbocycles. The number of hydrogen-bond donors (Lipinski definition) is 2. The Kier molecular flexibility index (Phi) is 4.92. The van der Waals surface area contributed by atoms with Crippen LogP contribution in [0.5, 0.6) is 0 Å². The summed E-state index contributed by atoms with van der Waals surface area (Å²) < 4.78 is 0. The van der Waals surface area contributed by atoms with Crippen LogP contribution in [0.1, 0.15) is 37.7 Å². The molecule has 5 nitrogen and oxygen atoms in total. The summed E-state index contributed by atoms with van der Waals surface area (Å²) in [4.78, 5) is 20.4. The number of aromatic amines is 1. The maximum Gasteiger partial charge on any atom is 0.317 e. The van der Waals surface area contributed by atoms with E-state index in [4.69, 9.17) is 0 Å². The first-order valence-corrected chi connectivity index (χ1v) is 9.63. The zero-order chi connectivity index (χ0) is 17.1. The van der Waals surface area contributed by atoms with E-state index in [2.05, 4.69) is 33.4 Å². The monoisotopic (exact) mass is 340 g/mol. The first-order valence-electron chi connectivity index (χ1n) is 9.63. The second-order valence-electron chi connectivity index (χ2n) is 7.33. The molecule has 134 valence electrons. The Morgan fingerprint density at radius 3 is 2.84 bits per heavy atom. The van der Waals surface area contributed by atoms with Crippen molar-refractivity contribution in [2.24, 2.45) is 0 Å². The van der Waals surface area contributed by atoms with E-state index in [1.807, 2.05) is 17.2 Å². The summed E-state index contributed by atoms with van der Waals surface area (Å²) in [5.41, 5.74) is 2.28. The average molecular weight is 340 g/mol. The SMILES string of the molecule is O=C(NCc1cccc2[nH]ccc12)N1CCCN(C2CCCC2)CC1. The number of nitrogens with zero attached hydrogens (tertiary/aromatic N) is 2. The fraction of sp³-hybridized carbons (Fsp3) is 0.550. The zero-order valence-electron chi connectivity index (χ0n) is 14.8. The quantitative estimate of drug-likeness (QED) is 0.900. The lowest BCUT2D eigenvalue weighted by atomic mass is 10.1. The molecule has 0 radical (unpaired) electrons. The topological polar surface area (TPSA) is 51.4 Å². The smallest absolute Gasteiger partial charge is 0.317 e. The number of amides is 2. The Labute approximate surface area is 149 Å². The highest BCUT2D eigenvalue weighted by Crippen LogP contribution is 2.24. The van der Waals surface area contributed by atoms with Gasteiger partial charge in [0.2, 0.25) is 0 Å². The van der Waals surface area contributed by atoms with Crippen LogP contribution in [0.15, 0.2) is 30.5 Å². The van der Waals surface area contributed by atoms with Crippen LogP contribution in [0.25, 0.3) is 10.9 Å². The summed E-state index contributed by atoms with van der Waals surface area (Å²) >= 11 is 0. The van der Waals surface area contributed by atoms with E-state index in [0.717, 1.165) is 49.7 Å². The number of hydrogen-bond acceptors (Lipinski definition) is 2. The third kappa shape index (κ3) is 3.66. The number of carbonyl (C=O) groups excluding carboxylic acids is 1. The molecule has 2 fully saturated rings. The van der Waals surface area contributed by atoms with Gasteiger partial charge in [-0.1, -0.05) is 25.0 Å². The molecule has 5 heteroatoms. The molecular weight excluding hydrogens is 312 g/mol. The van der Waals surface area contributed by atoms with Crippen LogP contribution >= 0.6 is 0 Å². The fourth-order valence-corrected chi connectivity index (χ4v) is 4.36. The summed E-state index contributed by atoms with van der Waals surface area (Å²) in [5.74, 6) is 0. The van der Waals surface area contributed by atoms with Gasteiger partial charge in [0, 0.05) is 55.9 Å². The van der Waals surface area contributed by atoms with Crippen LogP contribution in [0.2, 0.25) is 0 Å². The first-order chi connectivity index (χ1) is 12.3. The molecule has 0 spiro atoms. The number of nitrogens with one attached hydrogen (secondary N) is 2. The summed E-state index contributed by atoms with van der Waals surface area (Å²) in [7, 11) is 0. The van der Waals surface area contributed by atoms with Crippen LogP contribution in [0.4, 0.5) is 4.79 Å². The normalized spacial score (nSPS) is 20.1. The summed E-state index contributed by atoms with van der Waals surface area (Å²) in [6, 6.07) is 9.08. The van der Waals surface area contributed by atoms with Crippen molar-refractivity contribution in [1.82, 2.24) is 20.1 Å². The maximum absolute atomic E-state index is 12.6. The molecule has 1 aliphatic carbocycles. The van der Waals surface area contributed by atoms with Crippen molar-refractivity contribution >= 4 is 16.9 Å². The molecule has 25 heavy (non-hydrogen) atoms. The Morgan fingerprint density at radius 2 is 1.96 bits per heavy atom. The minimum atomic E-state index is 0.0702. The minimum absolute atomic E-state index is 0.0702. The minimum Gasteiger partial charge on any atom is -0.361 e. The van der Waals surface area contributed by atoms with Crippen molar-refractivity contribution in [3.8, 4) is 0 Å². The highest BCUT2D eigenvalue weighted by Gasteiger charge is 2.26. The van der Waals surface area contributed by atoms with E-state index < -0.39 is 0 Å². The Morgan fingerprint density at radius 1 is 1.08 bits per heavy atom. The lowest BCUT2D eigenvalue weighted by Crippen LogP contribution is -2.42. The molecule has 2 N–H and O–H groups in total. The molecule has 4 rings (SSSR count). The zero-order valence-corrected chi connectivity index (χ0v) is 14.8. The number of benzene rings is 1. The van der Waals surface area contributed by atoms with Gasteiger partial charge in [0.05, 0.1) is 0 Å². The summed E-state index contributed by atoms with van der Waals surface area (Å²) in [5, 5.41) is 4.30. The van der Waals surface area contributed by atoms with Gasteiger partial charge in [-0.2, -0.15) is 0 Å². The molecular formula is C20H28N4O. The lowest BCUT2D eigenvalue weighted by molar-refractivity contribution is 0.187. The highest BCUT2D eigenvalue weighted by atomic mass is 16.2. The largest absolute Gasteiger partial charge is 0.361 e. The molecule has 0 unspecified atom stereocenters. The maximum atomic E-state index is 12.6. The third-order valence-corrected chi connectivity index (χ3v) is 5.77. The van der Waals surface area contributed by atoms with E-state index in [1.54, 1.807) is 0 Å². The van der Waals surface area contributed by atoms with Crippen LogP contribution in [-0.4, -0.2) is 53.0 Å². The molecule has 2 amide bonds. The van der Waals surface area contributed by atoms with E-state index in [9.17, 15) is 4.79 Å². The van der Waals surface area contributed by atoms with Gasteiger partial charge in [0.25, 0.3) is 0 Å². The second-order valence-corrected chi connectivity index (χ2v) is 7.33. The fourth-order valence-electron chi connectivity index (χ4n) is 4.36. The molecule has 2 aromatic rings. The molecule has 0 bridgehead atoms. The van der Waals surface area contributed by atoms with Crippen molar-refractivity contribution in [2.45, 2.75) is 44.7 Å².